The molecular formula is C21H24N4O3S. The average molecular weight is 413 g/mol. The highest BCUT2D eigenvalue weighted by Gasteiger charge is 2.47. The van der Waals surface area contributed by atoms with E-state index in [2.05, 4.69) is 15.3 Å². The van der Waals surface area contributed by atoms with Crippen LogP contribution in [0.15, 0.2) is 47.6 Å². The van der Waals surface area contributed by atoms with Crippen molar-refractivity contribution in [1.29, 1.82) is 0 Å². The molecule has 0 radical (unpaired) electrons. The Morgan fingerprint density at radius 3 is 2.69 bits per heavy atom. The minimum atomic E-state index is -0.946. The molecule has 1 N–H and O–H groups in total. The molecule has 2 saturated heterocycles. The summed E-state index contributed by atoms with van der Waals surface area (Å²) in [6, 6.07) is 13.4. The number of rotatable bonds is 6. The number of hydrogen-bond acceptors (Lipinski definition) is 6. The topological polar surface area (TPSA) is 74.2 Å². The van der Waals surface area contributed by atoms with E-state index < -0.39 is 11.6 Å². The van der Waals surface area contributed by atoms with Gasteiger partial charge in [0, 0.05) is 18.0 Å². The first kappa shape index (κ1) is 19.6. The van der Waals surface area contributed by atoms with Crippen molar-refractivity contribution in [2.75, 3.05) is 31.2 Å². The summed E-state index contributed by atoms with van der Waals surface area (Å²) in [6.45, 7) is 4.94. The van der Waals surface area contributed by atoms with Gasteiger partial charge in [-0.1, -0.05) is 30.3 Å². The van der Waals surface area contributed by atoms with E-state index in [1.165, 1.54) is 0 Å². The molecule has 2 aliphatic heterocycles. The second-order valence-electron chi connectivity index (χ2n) is 7.38. The fraction of sp³-hybridized carbons (Fsp3) is 0.381. The van der Waals surface area contributed by atoms with Gasteiger partial charge < -0.3 is 15.0 Å². The van der Waals surface area contributed by atoms with Crippen molar-refractivity contribution in [2.24, 2.45) is 5.10 Å². The number of imide groups is 1. The van der Waals surface area contributed by atoms with Crippen molar-refractivity contribution in [2.45, 2.75) is 25.3 Å². The summed E-state index contributed by atoms with van der Waals surface area (Å²) in [5.41, 5.74) is 0.186. The molecule has 0 bridgehead atoms. The van der Waals surface area contributed by atoms with Gasteiger partial charge in [-0.05, 0) is 37.5 Å². The number of ether oxygens (including phenoxy) is 1. The van der Waals surface area contributed by atoms with Gasteiger partial charge in [-0.3, -0.25) is 4.79 Å². The fourth-order valence-electron chi connectivity index (χ4n) is 3.46. The molecule has 0 aliphatic carbocycles. The third kappa shape index (κ3) is 4.33. The Bertz CT molecular complexity index is 908. The molecule has 7 nitrogen and oxygen atoms in total. The Morgan fingerprint density at radius 1 is 1.17 bits per heavy atom. The van der Waals surface area contributed by atoms with Gasteiger partial charge in [0.1, 0.15) is 5.54 Å². The second-order valence-corrected chi connectivity index (χ2v) is 8.48. The number of hydrazone groups is 1. The Hall–Kier alpha value is -2.71. The number of nitrogens with zero attached hydrogens (tertiary/aromatic N) is 3. The Labute approximate surface area is 174 Å². The average Bonchev–Trinajstić information content (AvgIpc) is 3.30. The number of carbonyl (C=O) groups excluding carboxylic acids is 2. The third-order valence-corrected chi connectivity index (χ3v) is 6.31. The summed E-state index contributed by atoms with van der Waals surface area (Å²) in [4.78, 5) is 28.3. The Kier molecular flexibility index (Phi) is 5.64. The maximum absolute atomic E-state index is 12.8. The zero-order valence-electron chi connectivity index (χ0n) is 16.3. The normalized spacial score (nSPS) is 22.5. The van der Waals surface area contributed by atoms with Crippen LogP contribution in [0.5, 0.6) is 0 Å². The summed E-state index contributed by atoms with van der Waals surface area (Å²) in [6.07, 6.45) is 2.80. The molecule has 2 aliphatic rings. The van der Waals surface area contributed by atoms with E-state index in [0.29, 0.717) is 12.8 Å². The molecule has 4 rings (SSSR count). The molecule has 152 valence electrons. The maximum Gasteiger partial charge on any atom is 0.346 e. The monoisotopic (exact) mass is 412 g/mol. The SMILES string of the molecule is C[C@@]1(CCc2ccccc2)NC(=O)N(/N=C\c2ccc(N3CCOCC3)s2)C1=O. The Balaban J connectivity index is 1.40. The predicted octanol–water partition coefficient (Wildman–Crippen LogP) is 2.86. The lowest BCUT2D eigenvalue weighted by Gasteiger charge is -2.27. The van der Waals surface area contributed by atoms with Crippen molar-refractivity contribution in [3.63, 3.8) is 0 Å². The van der Waals surface area contributed by atoms with Crippen LogP contribution in [-0.4, -0.2) is 55.0 Å². The summed E-state index contributed by atoms with van der Waals surface area (Å²) in [7, 11) is 0. The number of anilines is 1. The first-order chi connectivity index (χ1) is 14.0. The van der Waals surface area contributed by atoms with Gasteiger partial charge in [0.2, 0.25) is 0 Å². The molecule has 0 saturated carbocycles. The van der Waals surface area contributed by atoms with Crippen LogP contribution in [0.1, 0.15) is 23.8 Å². The fourth-order valence-corrected chi connectivity index (χ4v) is 4.39. The van der Waals surface area contributed by atoms with Crippen LogP contribution in [0.25, 0.3) is 0 Å². The van der Waals surface area contributed by atoms with Crippen molar-refractivity contribution in [1.82, 2.24) is 10.3 Å². The first-order valence-corrected chi connectivity index (χ1v) is 10.5. The number of amides is 3. The van der Waals surface area contributed by atoms with Crippen molar-refractivity contribution in [3.8, 4) is 0 Å². The number of urea groups is 1. The van der Waals surface area contributed by atoms with Crippen molar-refractivity contribution >= 4 is 34.5 Å². The number of thiophene rings is 1. The van der Waals surface area contributed by atoms with E-state index >= 15 is 0 Å². The molecule has 1 aromatic heterocycles. The highest BCUT2D eigenvalue weighted by Crippen LogP contribution is 2.27. The number of hydrogen-bond donors (Lipinski definition) is 1. The van der Waals surface area contributed by atoms with E-state index in [0.717, 1.165) is 46.8 Å². The number of morpholine rings is 1. The van der Waals surface area contributed by atoms with Gasteiger partial charge in [0.05, 0.1) is 24.4 Å². The van der Waals surface area contributed by atoms with Crippen LogP contribution in [0, 0.1) is 0 Å². The molecule has 0 spiro atoms. The highest BCUT2D eigenvalue weighted by molar-refractivity contribution is 7.17. The van der Waals surface area contributed by atoms with Crippen LogP contribution < -0.4 is 10.2 Å². The standard InChI is InChI=1S/C21H24N4O3S/c1-21(10-9-16-5-3-2-4-6-16)19(26)25(20(27)23-21)22-15-17-7-8-18(29-17)24-11-13-28-14-12-24/h2-8,15H,9-14H2,1H3,(H,23,27)/b22-15-/t21-/m0/s1. The van der Waals surface area contributed by atoms with Crippen LogP contribution in [0.2, 0.25) is 0 Å². The van der Waals surface area contributed by atoms with E-state index in [1.54, 1.807) is 24.5 Å². The maximum atomic E-state index is 12.8. The summed E-state index contributed by atoms with van der Waals surface area (Å²) in [5, 5.41) is 9.06. The van der Waals surface area contributed by atoms with Crippen molar-refractivity contribution in [3.05, 3.63) is 52.9 Å². The summed E-state index contributed by atoms with van der Waals surface area (Å²) < 4.78 is 5.38. The molecule has 2 aromatic rings. The minimum absolute atomic E-state index is 0.320. The van der Waals surface area contributed by atoms with E-state index in [4.69, 9.17) is 4.74 Å². The third-order valence-electron chi connectivity index (χ3n) is 5.23. The lowest BCUT2D eigenvalue weighted by atomic mass is 9.93. The number of carbonyl (C=O) groups is 2. The second kappa shape index (κ2) is 8.34. The number of nitrogens with one attached hydrogen (secondary N) is 1. The molecule has 2 fully saturated rings. The van der Waals surface area contributed by atoms with Crippen molar-refractivity contribution < 1.29 is 14.3 Å². The largest absolute Gasteiger partial charge is 0.378 e. The number of benzene rings is 1. The molecule has 3 amide bonds. The van der Waals surface area contributed by atoms with Crippen LogP contribution in [0.3, 0.4) is 0 Å². The zero-order chi connectivity index (χ0) is 20.3. The highest BCUT2D eigenvalue weighted by atomic mass is 32.1. The lowest BCUT2D eigenvalue weighted by molar-refractivity contribution is -0.130. The van der Waals surface area contributed by atoms with Crippen LogP contribution in [-0.2, 0) is 16.0 Å². The van der Waals surface area contributed by atoms with E-state index in [1.807, 2.05) is 42.5 Å². The van der Waals surface area contributed by atoms with Gasteiger partial charge in [0.15, 0.2) is 0 Å². The summed E-state index contributed by atoms with van der Waals surface area (Å²) >= 11 is 1.58. The van der Waals surface area contributed by atoms with Gasteiger partial charge in [-0.25, -0.2) is 4.79 Å². The first-order valence-electron chi connectivity index (χ1n) is 9.72. The molecule has 8 heteroatoms. The smallest absolute Gasteiger partial charge is 0.346 e. The number of aryl methyl sites for hydroxylation is 1. The molecule has 3 heterocycles. The molecule has 1 atom stereocenters. The Morgan fingerprint density at radius 2 is 1.93 bits per heavy atom. The summed E-state index contributed by atoms with van der Waals surface area (Å²) in [5.74, 6) is -0.320. The molecule has 0 unspecified atom stereocenters. The van der Waals surface area contributed by atoms with Crippen LogP contribution >= 0.6 is 11.3 Å². The molecular weight excluding hydrogens is 388 g/mol. The van der Waals surface area contributed by atoms with E-state index in [-0.39, 0.29) is 5.91 Å². The van der Waals surface area contributed by atoms with Crippen LogP contribution in [0.4, 0.5) is 9.80 Å². The molecule has 29 heavy (non-hydrogen) atoms. The van der Waals surface area contributed by atoms with E-state index in [9.17, 15) is 9.59 Å². The van der Waals surface area contributed by atoms with Gasteiger partial charge in [0.25, 0.3) is 5.91 Å². The predicted molar refractivity (Wildman–Crippen MR) is 113 cm³/mol. The van der Waals surface area contributed by atoms with Gasteiger partial charge in [-0.15, -0.1) is 16.3 Å². The van der Waals surface area contributed by atoms with Gasteiger partial charge >= 0.3 is 6.03 Å². The molecule has 1 aromatic carbocycles. The zero-order valence-corrected chi connectivity index (χ0v) is 17.2. The van der Waals surface area contributed by atoms with Gasteiger partial charge in [-0.2, -0.15) is 5.10 Å². The quantitative estimate of drug-likeness (QED) is 0.585. The lowest BCUT2D eigenvalue weighted by Crippen LogP contribution is -2.44. The minimum Gasteiger partial charge on any atom is -0.378 e.